The first-order valence-corrected chi connectivity index (χ1v) is 11.3. The van der Waals surface area contributed by atoms with Crippen molar-refractivity contribution >= 4 is 45.1 Å². The van der Waals surface area contributed by atoms with Crippen LogP contribution in [0.25, 0.3) is 22.0 Å². The third kappa shape index (κ3) is 3.85. The molecular weight excluding hydrogens is 436 g/mol. The van der Waals surface area contributed by atoms with Crippen molar-refractivity contribution in [3.05, 3.63) is 83.7 Å². The highest BCUT2D eigenvalue weighted by molar-refractivity contribution is 7.14. The second-order valence-electron chi connectivity index (χ2n) is 7.96. The SMILES string of the molecule is CC1(c2ccc3ccccc3c2)NC(=O)N(CC(=O)Nc2nc(-c3ccccc3)cs2)C1=O. The molecule has 33 heavy (non-hydrogen) atoms. The summed E-state index contributed by atoms with van der Waals surface area (Å²) < 4.78 is 0. The normalized spacial score (nSPS) is 17.9. The molecule has 0 aliphatic carbocycles. The molecule has 1 aliphatic heterocycles. The van der Waals surface area contributed by atoms with Crippen molar-refractivity contribution < 1.29 is 14.4 Å². The van der Waals surface area contributed by atoms with E-state index in [0.717, 1.165) is 26.9 Å². The Bertz CT molecular complexity index is 1380. The number of imide groups is 1. The van der Waals surface area contributed by atoms with Crippen molar-refractivity contribution in [1.29, 1.82) is 0 Å². The number of fused-ring (bicyclic) bond motifs is 1. The molecule has 1 unspecified atom stereocenters. The topological polar surface area (TPSA) is 91.4 Å². The molecule has 7 nitrogen and oxygen atoms in total. The van der Waals surface area contributed by atoms with Gasteiger partial charge in [-0.3, -0.25) is 14.5 Å². The molecule has 1 atom stereocenters. The molecule has 2 heterocycles. The van der Waals surface area contributed by atoms with Crippen molar-refractivity contribution in [3.63, 3.8) is 0 Å². The van der Waals surface area contributed by atoms with E-state index in [0.29, 0.717) is 10.7 Å². The van der Waals surface area contributed by atoms with E-state index in [1.807, 2.05) is 78.2 Å². The van der Waals surface area contributed by atoms with Crippen molar-refractivity contribution in [3.8, 4) is 11.3 Å². The summed E-state index contributed by atoms with van der Waals surface area (Å²) in [6, 6.07) is 22.4. The third-order valence-corrected chi connectivity index (χ3v) is 6.48. The summed E-state index contributed by atoms with van der Waals surface area (Å²) in [5.74, 6) is -0.961. The van der Waals surface area contributed by atoms with Gasteiger partial charge in [0.1, 0.15) is 12.1 Å². The van der Waals surface area contributed by atoms with E-state index in [9.17, 15) is 14.4 Å². The second kappa shape index (κ2) is 8.14. The van der Waals surface area contributed by atoms with Crippen LogP contribution in [0.1, 0.15) is 12.5 Å². The minimum atomic E-state index is -1.25. The van der Waals surface area contributed by atoms with E-state index in [-0.39, 0.29) is 0 Å². The molecule has 0 bridgehead atoms. The highest BCUT2D eigenvalue weighted by atomic mass is 32.1. The van der Waals surface area contributed by atoms with Crippen molar-refractivity contribution in [1.82, 2.24) is 15.2 Å². The van der Waals surface area contributed by atoms with Crippen LogP contribution in [0.3, 0.4) is 0 Å². The molecule has 4 amide bonds. The highest BCUT2D eigenvalue weighted by Gasteiger charge is 2.49. The van der Waals surface area contributed by atoms with E-state index < -0.39 is 29.9 Å². The van der Waals surface area contributed by atoms with Gasteiger partial charge in [0.05, 0.1) is 5.69 Å². The van der Waals surface area contributed by atoms with Gasteiger partial charge in [0, 0.05) is 10.9 Å². The van der Waals surface area contributed by atoms with Gasteiger partial charge in [-0.25, -0.2) is 9.78 Å². The van der Waals surface area contributed by atoms with Crippen LogP contribution in [0.4, 0.5) is 9.93 Å². The maximum absolute atomic E-state index is 13.2. The molecular formula is C25H20N4O3S. The predicted octanol–water partition coefficient (Wildman–Crippen LogP) is 4.37. The van der Waals surface area contributed by atoms with Crippen molar-refractivity contribution in [2.75, 3.05) is 11.9 Å². The highest BCUT2D eigenvalue weighted by Crippen LogP contribution is 2.31. The first-order chi connectivity index (χ1) is 15.9. The first-order valence-electron chi connectivity index (χ1n) is 10.4. The number of aromatic nitrogens is 1. The van der Waals surface area contributed by atoms with Crippen LogP contribution in [0.2, 0.25) is 0 Å². The van der Waals surface area contributed by atoms with Crippen molar-refractivity contribution in [2.24, 2.45) is 0 Å². The van der Waals surface area contributed by atoms with Gasteiger partial charge < -0.3 is 10.6 Å². The zero-order valence-electron chi connectivity index (χ0n) is 17.7. The van der Waals surface area contributed by atoms with Crippen molar-refractivity contribution in [2.45, 2.75) is 12.5 Å². The van der Waals surface area contributed by atoms with Gasteiger partial charge >= 0.3 is 6.03 Å². The Kier molecular flexibility index (Phi) is 5.14. The molecule has 0 saturated carbocycles. The van der Waals surface area contributed by atoms with Gasteiger partial charge in [0.15, 0.2) is 5.13 Å². The Morgan fingerprint density at radius 2 is 1.76 bits per heavy atom. The summed E-state index contributed by atoms with van der Waals surface area (Å²) in [6.07, 6.45) is 0. The standard InChI is InChI=1S/C25H20N4O3S/c1-25(19-12-11-16-7-5-6-10-18(16)13-19)22(31)29(24(32)28-25)14-21(30)27-23-26-20(15-33-23)17-8-3-2-4-9-17/h2-13,15H,14H2,1H3,(H,28,32)(H,26,27,30). The lowest BCUT2D eigenvalue weighted by Crippen LogP contribution is -2.42. The third-order valence-electron chi connectivity index (χ3n) is 5.72. The maximum atomic E-state index is 13.2. The first kappa shape index (κ1) is 20.8. The van der Waals surface area contributed by atoms with Crippen LogP contribution < -0.4 is 10.6 Å². The molecule has 3 aromatic carbocycles. The smallest absolute Gasteiger partial charge is 0.319 e. The molecule has 1 aliphatic rings. The Hall–Kier alpha value is -4.04. The van der Waals surface area contributed by atoms with Crippen LogP contribution in [0.5, 0.6) is 0 Å². The zero-order chi connectivity index (χ0) is 23.0. The summed E-state index contributed by atoms with van der Waals surface area (Å²) in [4.78, 5) is 43.8. The maximum Gasteiger partial charge on any atom is 0.325 e. The number of carbonyl (C=O) groups excluding carboxylic acids is 3. The van der Waals surface area contributed by atoms with Gasteiger partial charge in [-0.05, 0) is 29.3 Å². The Balaban J connectivity index is 1.31. The van der Waals surface area contributed by atoms with E-state index >= 15 is 0 Å². The van der Waals surface area contributed by atoms with Crippen LogP contribution in [0, 0.1) is 0 Å². The molecule has 4 aromatic rings. The fourth-order valence-electron chi connectivity index (χ4n) is 3.91. The number of anilines is 1. The number of nitrogens with one attached hydrogen (secondary N) is 2. The molecule has 5 rings (SSSR count). The van der Waals surface area contributed by atoms with Gasteiger partial charge in [-0.2, -0.15) is 0 Å². The van der Waals surface area contributed by atoms with E-state index in [4.69, 9.17) is 0 Å². The molecule has 8 heteroatoms. The second-order valence-corrected chi connectivity index (χ2v) is 8.82. The number of thiazole rings is 1. The van der Waals surface area contributed by atoms with Gasteiger partial charge in [-0.1, -0.05) is 66.7 Å². The summed E-state index contributed by atoms with van der Waals surface area (Å²) >= 11 is 1.28. The lowest BCUT2D eigenvalue weighted by atomic mass is 9.90. The average molecular weight is 457 g/mol. The summed E-state index contributed by atoms with van der Waals surface area (Å²) in [5, 5.41) is 9.69. The van der Waals surface area contributed by atoms with Gasteiger partial charge in [-0.15, -0.1) is 11.3 Å². The number of urea groups is 1. The minimum Gasteiger partial charge on any atom is -0.319 e. The Morgan fingerprint density at radius 3 is 2.55 bits per heavy atom. The van der Waals surface area contributed by atoms with E-state index in [2.05, 4.69) is 15.6 Å². The number of hydrogen-bond donors (Lipinski definition) is 2. The summed E-state index contributed by atoms with van der Waals surface area (Å²) in [6.45, 7) is 1.26. The molecule has 0 radical (unpaired) electrons. The zero-order valence-corrected chi connectivity index (χ0v) is 18.6. The summed E-state index contributed by atoms with van der Waals surface area (Å²) in [5.41, 5.74) is 1.10. The lowest BCUT2D eigenvalue weighted by Gasteiger charge is -2.22. The van der Waals surface area contributed by atoms with Crippen LogP contribution in [-0.4, -0.2) is 34.3 Å². The lowest BCUT2D eigenvalue weighted by molar-refractivity contribution is -0.133. The van der Waals surface area contributed by atoms with Crippen LogP contribution >= 0.6 is 11.3 Å². The molecule has 1 aromatic heterocycles. The fourth-order valence-corrected chi connectivity index (χ4v) is 4.65. The minimum absolute atomic E-state index is 0.395. The van der Waals surface area contributed by atoms with Gasteiger partial charge in [0.2, 0.25) is 5.91 Å². The fraction of sp³-hybridized carbons (Fsp3) is 0.120. The molecule has 164 valence electrons. The number of nitrogens with zero attached hydrogens (tertiary/aromatic N) is 2. The largest absolute Gasteiger partial charge is 0.325 e. The average Bonchev–Trinajstić information content (AvgIpc) is 3.38. The van der Waals surface area contributed by atoms with E-state index in [1.165, 1.54) is 11.3 Å². The number of carbonyl (C=O) groups is 3. The van der Waals surface area contributed by atoms with Crippen LogP contribution in [-0.2, 0) is 15.1 Å². The van der Waals surface area contributed by atoms with Crippen LogP contribution in [0.15, 0.2) is 78.2 Å². The predicted molar refractivity (Wildman–Crippen MR) is 128 cm³/mol. The monoisotopic (exact) mass is 456 g/mol. The Labute approximate surface area is 194 Å². The molecule has 1 fully saturated rings. The quantitative estimate of drug-likeness (QED) is 0.436. The van der Waals surface area contributed by atoms with E-state index in [1.54, 1.807) is 6.92 Å². The Morgan fingerprint density at radius 1 is 1.03 bits per heavy atom. The number of amides is 4. The number of benzene rings is 3. The molecule has 2 N–H and O–H groups in total. The molecule has 1 saturated heterocycles. The number of rotatable bonds is 5. The molecule has 0 spiro atoms. The summed E-state index contributed by atoms with van der Waals surface area (Å²) in [7, 11) is 0. The number of hydrogen-bond acceptors (Lipinski definition) is 5. The van der Waals surface area contributed by atoms with Gasteiger partial charge in [0.25, 0.3) is 5.91 Å².